The molecule has 0 atom stereocenters. The molecule has 5 heteroatoms. The third-order valence-electron chi connectivity index (χ3n) is 5.54. The SMILES string of the molecule is Cc1ccc(S(=O)(=O)N2CCN(C3(c4ccccc4)CC3)CC2)cc1. The molecule has 0 spiro atoms. The Morgan fingerprint density at radius 2 is 1.44 bits per heavy atom. The third kappa shape index (κ3) is 3.01. The van der Waals surface area contributed by atoms with Crippen LogP contribution >= 0.6 is 0 Å². The van der Waals surface area contributed by atoms with Crippen LogP contribution < -0.4 is 0 Å². The Balaban J connectivity index is 1.48. The minimum absolute atomic E-state index is 0.140. The zero-order valence-electron chi connectivity index (χ0n) is 14.6. The molecule has 1 saturated heterocycles. The topological polar surface area (TPSA) is 40.6 Å². The molecular formula is C20H24N2O2S. The van der Waals surface area contributed by atoms with E-state index in [2.05, 4.69) is 29.2 Å². The van der Waals surface area contributed by atoms with Crippen LogP contribution in [0.5, 0.6) is 0 Å². The van der Waals surface area contributed by atoms with Crippen molar-refractivity contribution in [3.8, 4) is 0 Å². The fourth-order valence-electron chi connectivity index (χ4n) is 3.87. The van der Waals surface area contributed by atoms with Gasteiger partial charge < -0.3 is 0 Å². The van der Waals surface area contributed by atoms with Crippen molar-refractivity contribution < 1.29 is 8.42 Å². The van der Waals surface area contributed by atoms with E-state index in [9.17, 15) is 8.42 Å². The van der Waals surface area contributed by atoms with Crippen molar-refractivity contribution in [2.75, 3.05) is 26.2 Å². The Morgan fingerprint density at radius 3 is 2.00 bits per heavy atom. The molecule has 25 heavy (non-hydrogen) atoms. The molecule has 1 heterocycles. The molecule has 0 bridgehead atoms. The van der Waals surface area contributed by atoms with E-state index in [-0.39, 0.29) is 5.54 Å². The lowest BCUT2D eigenvalue weighted by Gasteiger charge is -2.39. The predicted octanol–water partition coefficient (Wildman–Crippen LogP) is 2.99. The van der Waals surface area contributed by atoms with Gasteiger partial charge in [0, 0.05) is 31.7 Å². The molecule has 0 N–H and O–H groups in total. The highest BCUT2D eigenvalue weighted by Crippen LogP contribution is 2.51. The zero-order valence-corrected chi connectivity index (χ0v) is 15.4. The lowest BCUT2D eigenvalue weighted by molar-refractivity contribution is 0.121. The van der Waals surface area contributed by atoms with Gasteiger partial charge in [0.1, 0.15) is 0 Å². The summed E-state index contributed by atoms with van der Waals surface area (Å²) in [4.78, 5) is 2.87. The molecule has 1 aliphatic heterocycles. The number of sulfonamides is 1. The first-order valence-corrected chi connectivity index (χ1v) is 10.3. The maximum absolute atomic E-state index is 12.8. The van der Waals surface area contributed by atoms with Crippen molar-refractivity contribution in [1.29, 1.82) is 0 Å². The number of aryl methyl sites for hydroxylation is 1. The van der Waals surface area contributed by atoms with Crippen LogP contribution in [0.4, 0.5) is 0 Å². The van der Waals surface area contributed by atoms with Crippen molar-refractivity contribution in [3.63, 3.8) is 0 Å². The Kier molecular flexibility index (Phi) is 4.18. The van der Waals surface area contributed by atoms with E-state index in [1.807, 2.05) is 25.1 Å². The smallest absolute Gasteiger partial charge is 0.243 e. The van der Waals surface area contributed by atoms with Crippen LogP contribution in [0.25, 0.3) is 0 Å². The van der Waals surface area contributed by atoms with Gasteiger partial charge in [0.15, 0.2) is 0 Å². The normalized spacial score (nSPS) is 21.2. The summed E-state index contributed by atoms with van der Waals surface area (Å²) in [5.74, 6) is 0. The van der Waals surface area contributed by atoms with Crippen molar-refractivity contribution in [2.24, 2.45) is 0 Å². The summed E-state index contributed by atoms with van der Waals surface area (Å²) in [6.07, 6.45) is 2.34. The van der Waals surface area contributed by atoms with Crippen LogP contribution in [-0.2, 0) is 15.6 Å². The largest absolute Gasteiger partial charge is 0.291 e. The number of hydrogen-bond acceptors (Lipinski definition) is 3. The molecule has 2 aromatic rings. The molecule has 1 saturated carbocycles. The lowest BCUT2D eigenvalue weighted by atomic mass is 10.0. The quantitative estimate of drug-likeness (QED) is 0.846. The van der Waals surface area contributed by atoms with Gasteiger partial charge in [0.2, 0.25) is 10.0 Å². The first kappa shape index (κ1) is 16.8. The third-order valence-corrected chi connectivity index (χ3v) is 7.45. The summed E-state index contributed by atoms with van der Waals surface area (Å²) in [5, 5.41) is 0. The second kappa shape index (κ2) is 6.24. The van der Waals surface area contributed by atoms with Gasteiger partial charge in [0.05, 0.1) is 4.90 Å². The summed E-state index contributed by atoms with van der Waals surface area (Å²) in [6, 6.07) is 17.8. The van der Waals surface area contributed by atoms with Crippen molar-refractivity contribution in [1.82, 2.24) is 9.21 Å². The molecule has 2 aromatic carbocycles. The molecule has 0 unspecified atom stereocenters. The zero-order chi connectivity index (χ0) is 17.5. The standard InChI is InChI=1S/C20H24N2O2S/c1-17-7-9-19(10-8-17)25(23,24)22-15-13-21(14-16-22)20(11-12-20)18-5-3-2-4-6-18/h2-10H,11-16H2,1H3. The average Bonchev–Trinajstić information content (AvgIpc) is 3.45. The van der Waals surface area contributed by atoms with Gasteiger partial charge in [-0.3, -0.25) is 4.90 Å². The molecule has 4 nitrogen and oxygen atoms in total. The van der Waals surface area contributed by atoms with Crippen LogP contribution in [0, 0.1) is 6.92 Å². The van der Waals surface area contributed by atoms with Crippen molar-refractivity contribution in [2.45, 2.75) is 30.2 Å². The minimum Gasteiger partial charge on any atom is -0.291 e. The predicted molar refractivity (Wildman–Crippen MR) is 98.9 cm³/mol. The van der Waals surface area contributed by atoms with Gasteiger partial charge in [-0.25, -0.2) is 8.42 Å². The highest BCUT2D eigenvalue weighted by Gasteiger charge is 2.50. The molecule has 4 rings (SSSR count). The summed E-state index contributed by atoms with van der Waals surface area (Å²) >= 11 is 0. The lowest BCUT2D eigenvalue weighted by Crippen LogP contribution is -2.52. The molecule has 0 amide bonds. The molecule has 0 aromatic heterocycles. The number of benzene rings is 2. The minimum atomic E-state index is -3.39. The molecule has 0 radical (unpaired) electrons. The van der Waals surface area contributed by atoms with E-state index in [1.165, 1.54) is 18.4 Å². The van der Waals surface area contributed by atoms with Crippen molar-refractivity contribution >= 4 is 10.0 Å². The first-order valence-electron chi connectivity index (χ1n) is 8.90. The first-order chi connectivity index (χ1) is 12.0. The van der Waals surface area contributed by atoms with E-state index >= 15 is 0 Å². The van der Waals surface area contributed by atoms with E-state index in [0.717, 1.165) is 18.7 Å². The summed E-state index contributed by atoms with van der Waals surface area (Å²) in [6.45, 7) is 4.67. The van der Waals surface area contributed by atoms with Crippen molar-refractivity contribution in [3.05, 3.63) is 65.7 Å². The van der Waals surface area contributed by atoms with Gasteiger partial charge in [-0.15, -0.1) is 0 Å². The fraction of sp³-hybridized carbons (Fsp3) is 0.400. The van der Waals surface area contributed by atoms with Gasteiger partial charge >= 0.3 is 0 Å². The van der Waals surface area contributed by atoms with E-state index in [0.29, 0.717) is 18.0 Å². The molecule has 1 aliphatic carbocycles. The number of hydrogen-bond donors (Lipinski definition) is 0. The van der Waals surface area contributed by atoms with E-state index in [1.54, 1.807) is 16.4 Å². The number of rotatable bonds is 4. The fourth-order valence-corrected chi connectivity index (χ4v) is 5.29. The van der Waals surface area contributed by atoms with Crippen LogP contribution in [0.3, 0.4) is 0 Å². The van der Waals surface area contributed by atoms with Crippen LogP contribution in [0.15, 0.2) is 59.5 Å². The highest BCUT2D eigenvalue weighted by molar-refractivity contribution is 7.89. The molecule has 132 valence electrons. The number of piperazine rings is 1. The highest BCUT2D eigenvalue weighted by atomic mass is 32.2. The van der Waals surface area contributed by atoms with Gasteiger partial charge in [0.25, 0.3) is 0 Å². The Morgan fingerprint density at radius 1 is 0.840 bits per heavy atom. The van der Waals surface area contributed by atoms with Gasteiger partial charge in [-0.05, 0) is 37.5 Å². The second-order valence-corrected chi connectivity index (χ2v) is 9.04. The summed E-state index contributed by atoms with van der Waals surface area (Å²) in [7, 11) is -3.39. The maximum atomic E-state index is 12.8. The second-order valence-electron chi connectivity index (χ2n) is 7.10. The van der Waals surface area contributed by atoms with Crippen LogP contribution in [-0.4, -0.2) is 43.8 Å². The maximum Gasteiger partial charge on any atom is 0.243 e. The average molecular weight is 356 g/mol. The summed E-state index contributed by atoms with van der Waals surface area (Å²) < 4.78 is 27.3. The van der Waals surface area contributed by atoms with Gasteiger partial charge in [-0.2, -0.15) is 4.31 Å². The number of nitrogens with zero attached hydrogens (tertiary/aromatic N) is 2. The van der Waals surface area contributed by atoms with Crippen LogP contribution in [0.1, 0.15) is 24.0 Å². The van der Waals surface area contributed by atoms with E-state index in [4.69, 9.17) is 0 Å². The van der Waals surface area contributed by atoms with E-state index < -0.39 is 10.0 Å². The summed E-state index contributed by atoms with van der Waals surface area (Å²) in [5.41, 5.74) is 2.58. The Hall–Kier alpha value is -1.69. The van der Waals surface area contributed by atoms with Crippen LogP contribution in [0.2, 0.25) is 0 Å². The Bertz CT molecular complexity index is 835. The monoisotopic (exact) mass is 356 g/mol. The molecular weight excluding hydrogens is 332 g/mol. The molecule has 2 fully saturated rings. The molecule has 2 aliphatic rings. The van der Waals surface area contributed by atoms with Gasteiger partial charge in [-0.1, -0.05) is 48.0 Å². The Labute approximate surface area is 150 Å².